The van der Waals surface area contributed by atoms with Crippen molar-refractivity contribution in [3.63, 3.8) is 0 Å². The number of carbonyl (C=O) groups is 1. The number of amides is 1. The van der Waals surface area contributed by atoms with Gasteiger partial charge in [0.25, 0.3) is 5.91 Å². The van der Waals surface area contributed by atoms with Crippen LogP contribution in [0, 0.1) is 0 Å². The van der Waals surface area contributed by atoms with Crippen LogP contribution in [-0.4, -0.2) is 35.7 Å². The summed E-state index contributed by atoms with van der Waals surface area (Å²) in [6, 6.07) is 8.01. The average Bonchev–Trinajstić information content (AvgIpc) is 3.25. The van der Waals surface area contributed by atoms with Crippen LogP contribution in [0.5, 0.6) is 0 Å². The molecule has 0 saturated carbocycles. The van der Waals surface area contributed by atoms with Gasteiger partial charge in [0.15, 0.2) is 5.69 Å². The molecule has 3 heterocycles. The SMILES string of the molecule is Cl.O=C(Nc1ccccc1N1CCCC1)c1n[nH]c2c1CNCC2. The fraction of sp³-hybridized carbons (Fsp3) is 0.412. The summed E-state index contributed by atoms with van der Waals surface area (Å²) < 4.78 is 0. The third kappa shape index (κ3) is 3.12. The summed E-state index contributed by atoms with van der Waals surface area (Å²) in [7, 11) is 0. The maximum atomic E-state index is 12.7. The van der Waals surface area contributed by atoms with Crippen molar-refractivity contribution in [3.8, 4) is 0 Å². The van der Waals surface area contributed by atoms with Crippen LogP contribution < -0.4 is 15.5 Å². The highest BCUT2D eigenvalue weighted by Crippen LogP contribution is 2.29. The molecule has 24 heavy (non-hydrogen) atoms. The van der Waals surface area contributed by atoms with E-state index in [0.717, 1.165) is 48.7 Å². The monoisotopic (exact) mass is 347 g/mol. The van der Waals surface area contributed by atoms with Gasteiger partial charge in [0, 0.05) is 43.9 Å². The topological polar surface area (TPSA) is 73.0 Å². The number of anilines is 2. The van der Waals surface area contributed by atoms with Crippen LogP contribution >= 0.6 is 12.4 Å². The van der Waals surface area contributed by atoms with Crippen LogP contribution in [0.15, 0.2) is 24.3 Å². The van der Waals surface area contributed by atoms with E-state index in [4.69, 9.17) is 0 Å². The number of fused-ring (bicyclic) bond motifs is 1. The van der Waals surface area contributed by atoms with Crippen molar-refractivity contribution in [2.45, 2.75) is 25.8 Å². The number of hydrogen-bond acceptors (Lipinski definition) is 4. The third-order valence-corrected chi connectivity index (χ3v) is 4.62. The number of aromatic nitrogens is 2. The quantitative estimate of drug-likeness (QED) is 0.796. The van der Waals surface area contributed by atoms with Crippen LogP contribution in [0.4, 0.5) is 11.4 Å². The third-order valence-electron chi connectivity index (χ3n) is 4.62. The van der Waals surface area contributed by atoms with Gasteiger partial charge in [-0.3, -0.25) is 9.89 Å². The number of para-hydroxylation sites is 2. The maximum absolute atomic E-state index is 12.7. The van der Waals surface area contributed by atoms with E-state index in [2.05, 4.69) is 31.8 Å². The summed E-state index contributed by atoms with van der Waals surface area (Å²) in [5, 5.41) is 13.6. The highest BCUT2D eigenvalue weighted by atomic mass is 35.5. The Bertz CT molecular complexity index is 724. The van der Waals surface area contributed by atoms with Gasteiger partial charge in [0.05, 0.1) is 11.4 Å². The normalized spacial score (nSPS) is 16.4. The molecule has 1 aromatic carbocycles. The first-order chi connectivity index (χ1) is 11.3. The Morgan fingerprint density at radius 2 is 2.00 bits per heavy atom. The first-order valence-electron chi connectivity index (χ1n) is 8.25. The Balaban J connectivity index is 0.00000169. The van der Waals surface area contributed by atoms with E-state index in [1.165, 1.54) is 12.8 Å². The molecule has 0 bridgehead atoms. The Morgan fingerprint density at radius 3 is 2.83 bits per heavy atom. The lowest BCUT2D eigenvalue weighted by Crippen LogP contribution is -2.26. The molecule has 4 rings (SSSR count). The average molecular weight is 348 g/mol. The van der Waals surface area contributed by atoms with Crippen molar-refractivity contribution in [3.05, 3.63) is 41.2 Å². The Morgan fingerprint density at radius 1 is 1.21 bits per heavy atom. The minimum Gasteiger partial charge on any atom is -0.370 e. The van der Waals surface area contributed by atoms with Crippen molar-refractivity contribution in [1.29, 1.82) is 0 Å². The van der Waals surface area contributed by atoms with Crippen molar-refractivity contribution >= 4 is 29.7 Å². The Labute approximate surface area is 147 Å². The Hall–Kier alpha value is -2.05. The highest BCUT2D eigenvalue weighted by Gasteiger charge is 2.23. The molecule has 0 aliphatic carbocycles. The van der Waals surface area contributed by atoms with Gasteiger partial charge in [-0.2, -0.15) is 5.10 Å². The van der Waals surface area contributed by atoms with Gasteiger partial charge in [-0.25, -0.2) is 0 Å². The van der Waals surface area contributed by atoms with Gasteiger partial charge < -0.3 is 15.5 Å². The van der Waals surface area contributed by atoms with Gasteiger partial charge in [0.1, 0.15) is 0 Å². The van der Waals surface area contributed by atoms with Crippen LogP contribution in [0.1, 0.15) is 34.6 Å². The molecular weight excluding hydrogens is 326 g/mol. The molecule has 1 fully saturated rings. The first-order valence-corrected chi connectivity index (χ1v) is 8.25. The second-order valence-corrected chi connectivity index (χ2v) is 6.12. The smallest absolute Gasteiger partial charge is 0.276 e. The van der Waals surface area contributed by atoms with E-state index in [-0.39, 0.29) is 18.3 Å². The Kier molecular flexibility index (Phi) is 5.06. The summed E-state index contributed by atoms with van der Waals surface area (Å²) in [5.74, 6) is -0.141. The summed E-state index contributed by atoms with van der Waals surface area (Å²) in [5.41, 5.74) is 4.53. The highest BCUT2D eigenvalue weighted by molar-refractivity contribution is 6.05. The summed E-state index contributed by atoms with van der Waals surface area (Å²) in [6.45, 7) is 3.72. The van der Waals surface area contributed by atoms with Crippen molar-refractivity contribution in [2.75, 3.05) is 29.9 Å². The number of carbonyl (C=O) groups excluding carboxylic acids is 1. The van der Waals surface area contributed by atoms with Gasteiger partial charge in [0.2, 0.25) is 0 Å². The molecule has 2 aliphatic heterocycles. The zero-order valence-electron chi connectivity index (χ0n) is 13.5. The summed E-state index contributed by atoms with van der Waals surface area (Å²) in [4.78, 5) is 15.0. The van der Waals surface area contributed by atoms with E-state index < -0.39 is 0 Å². The van der Waals surface area contributed by atoms with Gasteiger partial charge in [-0.1, -0.05) is 12.1 Å². The second kappa shape index (κ2) is 7.23. The van der Waals surface area contributed by atoms with Crippen LogP contribution in [0.2, 0.25) is 0 Å². The zero-order valence-corrected chi connectivity index (χ0v) is 14.3. The maximum Gasteiger partial charge on any atom is 0.276 e. The molecule has 2 aliphatic rings. The molecule has 7 heteroatoms. The number of benzene rings is 1. The largest absolute Gasteiger partial charge is 0.370 e. The molecule has 128 valence electrons. The molecule has 1 saturated heterocycles. The van der Waals surface area contributed by atoms with Crippen LogP contribution in [0.25, 0.3) is 0 Å². The lowest BCUT2D eigenvalue weighted by Gasteiger charge is -2.21. The molecule has 0 unspecified atom stereocenters. The standard InChI is InChI=1S/C17H21N5O.ClH/c23-17(16-12-11-18-8-7-13(12)20-21-16)19-14-5-1-2-6-15(14)22-9-3-4-10-22;/h1-2,5-6,18H,3-4,7-11H2,(H,19,23)(H,20,21);1H. The second-order valence-electron chi connectivity index (χ2n) is 6.12. The fourth-order valence-electron chi connectivity index (χ4n) is 3.41. The van der Waals surface area contributed by atoms with Gasteiger partial charge >= 0.3 is 0 Å². The predicted octanol–water partition coefficient (Wildman–Crippen LogP) is 2.33. The molecular formula is C17H22ClN5O. The number of rotatable bonds is 3. The van der Waals surface area contributed by atoms with E-state index in [1.807, 2.05) is 18.2 Å². The number of aromatic amines is 1. The van der Waals surface area contributed by atoms with Crippen molar-refractivity contribution < 1.29 is 4.79 Å². The molecule has 1 amide bonds. The molecule has 6 nitrogen and oxygen atoms in total. The minimum atomic E-state index is -0.141. The van der Waals surface area contributed by atoms with E-state index in [1.54, 1.807) is 0 Å². The molecule has 0 spiro atoms. The number of nitrogens with zero attached hydrogens (tertiary/aromatic N) is 2. The lowest BCUT2D eigenvalue weighted by molar-refractivity contribution is 0.102. The molecule has 1 aromatic heterocycles. The number of H-pyrrole nitrogens is 1. The summed E-state index contributed by atoms with van der Waals surface area (Å²) in [6.07, 6.45) is 3.31. The molecule has 2 aromatic rings. The fourth-order valence-corrected chi connectivity index (χ4v) is 3.41. The predicted molar refractivity (Wildman–Crippen MR) is 97.1 cm³/mol. The number of nitrogens with one attached hydrogen (secondary N) is 3. The first kappa shape index (κ1) is 16.8. The number of halogens is 1. The van der Waals surface area contributed by atoms with E-state index in [0.29, 0.717) is 12.2 Å². The van der Waals surface area contributed by atoms with Crippen LogP contribution in [0.3, 0.4) is 0 Å². The summed E-state index contributed by atoms with van der Waals surface area (Å²) >= 11 is 0. The van der Waals surface area contributed by atoms with E-state index in [9.17, 15) is 4.79 Å². The van der Waals surface area contributed by atoms with Gasteiger partial charge in [-0.15, -0.1) is 12.4 Å². The zero-order chi connectivity index (χ0) is 15.6. The van der Waals surface area contributed by atoms with E-state index >= 15 is 0 Å². The minimum absolute atomic E-state index is 0. The number of hydrogen-bond donors (Lipinski definition) is 3. The van der Waals surface area contributed by atoms with Crippen molar-refractivity contribution in [2.24, 2.45) is 0 Å². The van der Waals surface area contributed by atoms with Crippen molar-refractivity contribution in [1.82, 2.24) is 15.5 Å². The lowest BCUT2D eigenvalue weighted by atomic mass is 10.1. The molecule has 0 atom stereocenters. The van der Waals surface area contributed by atoms with Crippen LogP contribution in [-0.2, 0) is 13.0 Å². The molecule has 0 radical (unpaired) electrons. The van der Waals surface area contributed by atoms with Gasteiger partial charge in [-0.05, 0) is 25.0 Å². The molecule has 3 N–H and O–H groups in total.